The lowest BCUT2D eigenvalue weighted by Gasteiger charge is -2.37. The van der Waals surface area contributed by atoms with Crippen LogP contribution in [0.15, 0.2) is 5.11 Å². The van der Waals surface area contributed by atoms with E-state index in [1.54, 1.807) is 6.92 Å². The molecule has 0 aliphatic carbocycles. The summed E-state index contributed by atoms with van der Waals surface area (Å²) in [6.07, 6.45) is -1.83. The van der Waals surface area contributed by atoms with Crippen molar-refractivity contribution in [2.45, 2.75) is 51.7 Å². The molecule has 0 aromatic heterocycles. The summed E-state index contributed by atoms with van der Waals surface area (Å²) in [7, 11) is 0. The highest BCUT2D eigenvalue weighted by atomic mass is 16.7. The van der Waals surface area contributed by atoms with Crippen LogP contribution in [0.4, 0.5) is 0 Å². The molecule has 0 amide bonds. The molecule has 0 aromatic rings. The monoisotopic (exact) mass is 257 g/mol. The fourth-order valence-electron chi connectivity index (χ4n) is 1.82. The van der Waals surface area contributed by atoms with Crippen molar-refractivity contribution in [1.29, 1.82) is 0 Å². The van der Waals surface area contributed by atoms with Crippen molar-refractivity contribution in [1.82, 2.24) is 0 Å². The number of nitrogens with zero attached hydrogens (tertiary/aromatic N) is 3. The predicted molar refractivity (Wildman–Crippen MR) is 59.2 cm³/mol. The van der Waals surface area contributed by atoms with Crippen molar-refractivity contribution < 1.29 is 23.8 Å². The van der Waals surface area contributed by atoms with Crippen molar-refractivity contribution in [3.05, 3.63) is 10.4 Å². The molecule has 1 aliphatic heterocycles. The summed E-state index contributed by atoms with van der Waals surface area (Å²) in [6.45, 7) is 4.18. The van der Waals surface area contributed by atoms with Gasteiger partial charge in [-0.3, -0.25) is 9.59 Å². The van der Waals surface area contributed by atoms with Crippen LogP contribution < -0.4 is 0 Å². The van der Waals surface area contributed by atoms with Crippen LogP contribution >= 0.6 is 0 Å². The molecule has 8 heteroatoms. The van der Waals surface area contributed by atoms with E-state index >= 15 is 0 Å². The van der Waals surface area contributed by atoms with E-state index in [0.717, 1.165) is 0 Å². The van der Waals surface area contributed by atoms with Crippen molar-refractivity contribution in [3.63, 3.8) is 0 Å². The molecule has 0 saturated carbocycles. The molecule has 1 rings (SSSR count). The summed E-state index contributed by atoms with van der Waals surface area (Å²) in [5.41, 5.74) is 8.49. The van der Waals surface area contributed by atoms with E-state index in [1.807, 2.05) is 0 Å². The Morgan fingerprint density at radius 1 is 1.33 bits per heavy atom. The van der Waals surface area contributed by atoms with Gasteiger partial charge in [0.1, 0.15) is 6.10 Å². The number of rotatable bonds is 3. The van der Waals surface area contributed by atoms with Gasteiger partial charge in [0.05, 0.1) is 12.1 Å². The maximum atomic E-state index is 11.0. The molecule has 100 valence electrons. The number of carbonyl (C=O) groups excluding carboxylic acids is 2. The summed E-state index contributed by atoms with van der Waals surface area (Å²) >= 11 is 0. The number of ether oxygens (including phenoxy) is 3. The van der Waals surface area contributed by atoms with Gasteiger partial charge in [0, 0.05) is 25.2 Å². The minimum atomic E-state index is -0.792. The topological polar surface area (TPSA) is 111 Å². The molecule has 1 aliphatic rings. The zero-order valence-corrected chi connectivity index (χ0v) is 10.4. The molecule has 0 N–H and O–H groups in total. The third-order valence-corrected chi connectivity index (χ3v) is 2.44. The molecule has 0 spiro atoms. The fraction of sp³-hybridized carbons (Fsp3) is 0.800. The van der Waals surface area contributed by atoms with Gasteiger partial charge in [0.2, 0.25) is 6.29 Å². The Balaban J connectivity index is 2.78. The maximum absolute atomic E-state index is 11.0. The molecule has 0 radical (unpaired) electrons. The minimum absolute atomic E-state index is 0.159. The predicted octanol–water partition coefficient (Wildman–Crippen LogP) is 1.29. The summed E-state index contributed by atoms with van der Waals surface area (Å²) in [6, 6.07) is -0.619. The van der Waals surface area contributed by atoms with E-state index in [4.69, 9.17) is 19.7 Å². The molecule has 1 heterocycles. The van der Waals surface area contributed by atoms with Crippen LogP contribution in [-0.2, 0) is 23.8 Å². The van der Waals surface area contributed by atoms with E-state index in [-0.39, 0.29) is 6.42 Å². The Bertz CT molecular complexity index is 380. The quantitative estimate of drug-likeness (QED) is 0.327. The smallest absolute Gasteiger partial charge is 0.304 e. The van der Waals surface area contributed by atoms with Gasteiger partial charge < -0.3 is 14.2 Å². The number of hydrogen-bond acceptors (Lipinski definition) is 6. The first-order chi connectivity index (χ1) is 8.43. The average Bonchev–Trinajstić information content (AvgIpc) is 2.22. The molecule has 8 nitrogen and oxygen atoms in total. The first kappa shape index (κ1) is 14.3. The standard InChI is InChI=1S/C10H15N3O5/c1-5-10(18-7(3)15)8(12-13-11)4-9(16-5)17-6(2)14/h5,8-10H,4H2,1-3H3/t5-,8-,9?,10-/m1/s1. The van der Waals surface area contributed by atoms with Gasteiger partial charge >= 0.3 is 11.9 Å². The molecule has 18 heavy (non-hydrogen) atoms. The average molecular weight is 257 g/mol. The molecule has 1 unspecified atom stereocenters. The van der Waals surface area contributed by atoms with Crippen molar-refractivity contribution in [3.8, 4) is 0 Å². The van der Waals surface area contributed by atoms with Crippen LogP contribution in [0.5, 0.6) is 0 Å². The van der Waals surface area contributed by atoms with E-state index in [9.17, 15) is 9.59 Å². The van der Waals surface area contributed by atoms with Gasteiger partial charge in [-0.2, -0.15) is 0 Å². The minimum Gasteiger partial charge on any atom is -0.459 e. The molecule has 0 bridgehead atoms. The van der Waals surface area contributed by atoms with Gasteiger partial charge in [0.15, 0.2) is 0 Å². The highest BCUT2D eigenvalue weighted by molar-refractivity contribution is 5.66. The Morgan fingerprint density at radius 2 is 1.94 bits per heavy atom. The van der Waals surface area contributed by atoms with E-state index in [1.165, 1.54) is 13.8 Å². The molecular weight excluding hydrogens is 242 g/mol. The van der Waals surface area contributed by atoms with Crippen LogP contribution in [0.2, 0.25) is 0 Å². The highest BCUT2D eigenvalue weighted by Gasteiger charge is 2.39. The first-order valence-corrected chi connectivity index (χ1v) is 5.48. The van der Waals surface area contributed by atoms with Gasteiger partial charge in [0.25, 0.3) is 0 Å². The highest BCUT2D eigenvalue weighted by Crippen LogP contribution is 2.26. The lowest BCUT2D eigenvalue weighted by Crippen LogP contribution is -2.49. The number of azide groups is 1. The summed E-state index contributed by atoms with van der Waals surface area (Å²) < 4.78 is 15.3. The van der Waals surface area contributed by atoms with Crippen LogP contribution in [0.25, 0.3) is 10.4 Å². The fourth-order valence-corrected chi connectivity index (χ4v) is 1.82. The Hall–Kier alpha value is -1.79. The molecular formula is C10H15N3O5. The zero-order chi connectivity index (χ0) is 13.7. The van der Waals surface area contributed by atoms with Gasteiger partial charge in [-0.15, -0.1) is 0 Å². The Kier molecular flexibility index (Phi) is 4.94. The summed E-state index contributed by atoms with van der Waals surface area (Å²) in [5, 5.41) is 3.56. The largest absolute Gasteiger partial charge is 0.459 e. The summed E-state index contributed by atoms with van der Waals surface area (Å²) in [5.74, 6) is -0.975. The van der Waals surface area contributed by atoms with Crippen LogP contribution in [0.3, 0.4) is 0 Å². The van der Waals surface area contributed by atoms with Crippen LogP contribution in [-0.4, -0.2) is 36.5 Å². The van der Waals surface area contributed by atoms with E-state index in [2.05, 4.69) is 10.0 Å². The normalized spacial score (nSPS) is 31.1. The lowest BCUT2D eigenvalue weighted by molar-refractivity contribution is -0.226. The second-order valence-electron chi connectivity index (χ2n) is 3.96. The molecule has 1 saturated heterocycles. The van der Waals surface area contributed by atoms with E-state index < -0.39 is 36.5 Å². The van der Waals surface area contributed by atoms with E-state index in [0.29, 0.717) is 0 Å². The molecule has 0 aromatic carbocycles. The molecule has 1 fully saturated rings. The number of carbonyl (C=O) groups is 2. The number of esters is 2. The Morgan fingerprint density at radius 3 is 2.44 bits per heavy atom. The van der Waals surface area contributed by atoms with Gasteiger partial charge in [-0.1, -0.05) is 5.11 Å². The van der Waals surface area contributed by atoms with Crippen molar-refractivity contribution in [2.24, 2.45) is 5.11 Å². The van der Waals surface area contributed by atoms with Gasteiger partial charge in [-0.25, -0.2) is 0 Å². The maximum Gasteiger partial charge on any atom is 0.304 e. The van der Waals surface area contributed by atoms with Gasteiger partial charge in [-0.05, 0) is 12.5 Å². The lowest BCUT2D eigenvalue weighted by atomic mass is 10.0. The molecule has 4 atom stereocenters. The van der Waals surface area contributed by atoms with Crippen LogP contribution in [0.1, 0.15) is 27.2 Å². The SMILES string of the molecule is CC(=O)OC1C[C@@H](N=[N+]=[N-])[C@H](OC(C)=O)[C@@H](C)O1. The third kappa shape index (κ3) is 3.90. The third-order valence-electron chi connectivity index (χ3n) is 2.44. The second-order valence-corrected chi connectivity index (χ2v) is 3.96. The van der Waals surface area contributed by atoms with Crippen LogP contribution in [0, 0.1) is 0 Å². The number of hydrogen-bond donors (Lipinski definition) is 0. The first-order valence-electron chi connectivity index (χ1n) is 5.48. The summed E-state index contributed by atoms with van der Waals surface area (Å²) in [4.78, 5) is 24.5. The van der Waals surface area contributed by atoms with Crippen molar-refractivity contribution >= 4 is 11.9 Å². The zero-order valence-electron chi connectivity index (χ0n) is 10.4. The Labute approximate surface area is 104 Å². The second kappa shape index (κ2) is 6.23. The van der Waals surface area contributed by atoms with Crippen molar-refractivity contribution in [2.75, 3.05) is 0 Å².